The number of hydrogen-bond donors (Lipinski definition) is 2. The minimum absolute atomic E-state index is 0.0841. The molecule has 0 aromatic carbocycles. The molecule has 1 aliphatic rings. The zero-order valence-electron chi connectivity index (χ0n) is 8.04. The van der Waals surface area contributed by atoms with Crippen LogP contribution < -0.4 is 11.1 Å². The molecule has 0 saturated carbocycles. The summed E-state index contributed by atoms with van der Waals surface area (Å²) in [4.78, 5) is 0. The molecule has 2 rings (SSSR count). The summed E-state index contributed by atoms with van der Waals surface area (Å²) in [7, 11) is 0. The smallest absolute Gasteiger partial charge is 0.265 e. The van der Waals surface area contributed by atoms with Crippen molar-refractivity contribution in [1.82, 2.24) is 5.32 Å². The van der Waals surface area contributed by atoms with Crippen molar-refractivity contribution in [3.8, 4) is 0 Å². The number of hydrogen-bond acceptors (Lipinski definition) is 3. The van der Waals surface area contributed by atoms with Gasteiger partial charge in [-0.2, -0.15) is 11.3 Å². The van der Waals surface area contributed by atoms with Gasteiger partial charge in [0, 0.05) is 30.1 Å². The van der Waals surface area contributed by atoms with Gasteiger partial charge in [0.25, 0.3) is 6.43 Å². The van der Waals surface area contributed by atoms with Gasteiger partial charge >= 0.3 is 0 Å². The molecule has 0 bridgehead atoms. The van der Waals surface area contributed by atoms with Gasteiger partial charge in [-0.3, -0.25) is 0 Å². The van der Waals surface area contributed by atoms with Crippen LogP contribution in [0.25, 0.3) is 5.57 Å². The van der Waals surface area contributed by atoms with E-state index in [1.54, 1.807) is 5.38 Å². The molecule has 0 fully saturated rings. The van der Waals surface area contributed by atoms with Gasteiger partial charge in [-0.05, 0) is 16.5 Å². The van der Waals surface area contributed by atoms with E-state index in [9.17, 15) is 8.78 Å². The molecule has 1 atom stereocenters. The van der Waals surface area contributed by atoms with Gasteiger partial charge in [-0.1, -0.05) is 6.08 Å². The number of nitrogens with one attached hydrogen (secondary N) is 1. The Morgan fingerprint density at radius 2 is 2.27 bits per heavy atom. The Balaban J connectivity index is 2.32. The number of alkyl halides is 2. The van der Waals surface area contributed by atoms with Crippen LogP contribution in [0.5, 0.6) is 0 Å². The van der Waals surface area contributed by atoms with Crippen LogP contribution in [0.15, 0.2) is 16.8 Å². The van der Waals surface area contributed by atoms with Crippen LogP contribution in [-0.2, 0) is 0 Å². The maximum absolute atomic E-state index is 12.6. The standard InChI is InChI=1S/C10H12F2N2S/c11-10(12)9-5-15-4-8(9)6-1-7(13)3-14-2-6/h1,4-5,7,10,14H,2-3,13H2. The lowest BCUT2D eigenvalue weighted by Crippen LogP contribution is -2.37. The molecule has 0 spiro atoms. The van der Waals surface area contributed by atoms with Gasteiger partial charge in [0.15, 0.2) is 0 Å². The number of nitrogens with two attached hydrogens (primary N) is 1. The molecule has 1 unspecified atom stereocenters. The summed E-state index contributed by atoms with van der Waals surface area (Å²) in [6.07, 6.45) is -0.546. The molecule has 2 nitrogen and oxygen atoms in total. The Morgan fingerprint density at radius 3 is 2.93 bits per heavy atom. The van der Waals surface area contributed by atoms with E-state index in [1.807, 2.05) is 6.08 Å². The topological polar surface area (TPSA) is 38.0 Å². The van der Waals surface area contributed by atoms with Gasteiger partial charge in [0.1, 0.15) is 0 Å². The number of halogens is 2. The number of rotatable bonds is 2. The molecule has 2 heterocycles. The highest BCUT2D eigenvalue weighted by molar-refractivity contribution is 7.08. The SMILES string of the molecule is NC1C=C(c2cscc2C(F)F)CNC1. The normalized spacial score (nSPS) is 21.9. The summed E-state index contributed by atoms with van der Waals surface area (Å²) in [6, 6.07) is -0.0841. The molecule has 15 heavy (non-hydrogen) atoms. The fraction of sp³-hybridized carbons (Fsp3) is 0.400. The first-order valence-corrected chi connectivity index (χ1v) is 5.64. The second kappa shape index (κ2) is 4.38. The van der Waals surface area contributed by atoms with Crippen LogP contribution in [0.3, 0.4) is 0 Å². The largest absolute Gasteiger partial charge is 0.323 e. The van der Waals surface area contributed by atoms with Crippen LogP contribution >= 0.6 is 11.3 Å². The van der Waals surface area contributed by atoms with Gasteiger partial charge in [0.05, 0.1) is 0 Å². The Morgan fingerprint density at radius 1 is 1.47 bits per heavy atom. The molecule has 1 aromatic rings. The molecule has 0 radical (unpaired) electrons. The van der Waals surface area contributed by atoms with Crippen molar-refractivity contribution in [3.63, 3.8) is 0 Å². The molecule has 1 aromatic heterocycles. The van der Waals surface area contributed by atoms with E-state index in [-0.39, 0.29) is 11.6 Å². The van der Waals surface area contributed by atoms with Gasteiger partial charge < -0.3 is 11.1 Å². The fourth-order valence-electron chi connectivity index (χ4n) is 1.67. The maximum atomic E-state index is 12.6. The minimum Gasteiger partial charge on any atom is -0.323 e. The van der Waals surface area contributed by atoms with Crippen molar-refractivity contribution in [2.75, 3.05) is 13.1 Å². The third-order valence-corrected chi connectivity index (χ3v) is 3.15. The summed E-state index contributed by atoms with van der Waals surface area (Å²) >= 11 is 1.30. The van der Waals surface area contributed by atoms with Crippen LogP contribution in [-0.4, -0.2) is 19.1 Å². The summed E-state index contributed by atoms with van der Waals surface area (Å²) in [6.45, 7) is 1.32. The predicted octanol–water partition coefficient (Wildman–Crippen LogP) is 2.00. The molecular formula is C10H12F2N2S. The van der Waals surface area contributed by atoms with E-state index in [2.05, 4.69) is 5.32 Å². The van der Waals surface area contributed by atoms with Crippen LogP contribution in [0, 0.1) is 0 Å². The zero-order valence-corrected chi connectivity index (χ0v) is 8.86. The summed E-state index contributed by atoms with van der Waals surface area (Å²) in [5.74, 6) is 0. The molecule has 0 saturated heterocycles. The van der Waals surface area contributed by atoms with Crippen molar-refractivity contribution in [1.29, 1.82) is 0 Å². The Kier molecular flexibility index (Phi) is 3.14. The summed E-state index contributed by atoms with van der Waals surface area (Å²) < 4.78 is 25.3. The quantitative estimate of drug-likeness (QED) is 0.815. The fourth-order valence-corrected chi connectivity index (χ4v) is 2.54. The van der Waals surface area contributed by atoms with Gasteiger partial charge in [0.2, 0.25) is 0 Å². The van der Waals surface area contributed by atoms with E-state index in [1.165, 1.54) is 16.7 Å². The minimum atomic E-state index is -2.41. The predicted molar refractivity (Wildman–Crippen MR) is 58.1 cm³/mol. The van der Waals surface area contributed by atoms with E-state index >= 15 is 0 Å². The van der Waals surface area contributed by atoms with Crippen molar-refractivity contribution in [2.24, 2.45) is 5.73 Å². The van der Waals surface area contributed by atoms with Crippen LogP contribution in [0.1, 0.15) is 17.6 Å². The third-order valence-electron chi connectivity index (χ3n) is 2.38. The van der Waals surface area contributed by atoms with Crippen molar-refractivity contribution >= 4 is 16.9 Å². The lowest BCUT2D eigenvalue weighted by Gasteiger charge is -2.19. The highest BCUT2D eigenvalue weighted by Gasteiger charge is 2.19. The van der Waals surface area contributed by atoms with E-state index in [0.29, 0.717) is 18.7 Å². The molecule has 5 heteroatoms. The van der Waals surface area contributed by atoms with E-state index in [4.69, 9.17) is 5.73 Å². The monoisotopic (exact) mass is 230 g/mol. The second-order valence-electron chi connectivity index (χ2n) is 3.53. The molecule has 0 amide bonds. The lowest BCUT2D eigenvalue weighted by molar-refractivity contribution is 0.151. The van der Waals surface area contributed by atoms with Crippen LogP contribution in [0.4, 0.5) is 8.78 Å². The van der Waals surface area contributed by atoms with E-state index < -0.39 is 6.43 Å². The summed E-state index contributed by atoms with van der Waals surface area (Å²) in [5, 5.41) is 6.36. The maximum Gasteiger partial charge on any atom is 0.265 e. The van der Waals surface area contributed by atoms with Gasteiger partial charge in [-0.15, -0.1) is 0 Å². The average Bonchev–Trinajstić information content (AvgIpc) is 2.65. The van der Waals surface area contributed by atoms with Crippen molar-refractivity contribution < 1.29 is 8.78 Å². The highest BCUT2D eigenvalue weighted by atomic mass is 32.1. The Hall–Kier alpha value is -0.780. The molecular weight excluding hydrogens is 218 g/mol. The summed E-state index contributed by atoms with van der Waals surface area (Å²) in [5.41, 5.74) is 7.36. The molecule has 1 aliphatic heterocycles. The first-order valence-electron chi connectivity index (χ1n) is 4.70. The van der Waals surface area contributed by atoms with Gasteiger partial charge in [-0.25, -0.2) is 8.78 Å². The van der Waals surface area contributed by atoms with Crippen molar-refractivity contribution in [2.45, 2.75) is 12.5 Å². The Labute approximate surface area is 90.8 Å². The molecule has 0 aliphatic carbocycles. The van der Waals surface area contributed by atoms with Crippen LogP contribution in [0.2, 0.25) is 0 Å². The number of thiophene rings is 1. The zero-order chi connectivity index (χ0) is 10.8. The van der Waals surface area contributed by atoms with E-state index in [0.717, 1.165) is 5.57 Å². The Bertz CT molecular complexity index is 373. The van der Waals surface area contributed by atoms with Crippen molar-refractivity contribution in [3.05, 3.63) is 28.0 Å². The third kappa shape index (κ3) is 2.25. The first kappa shape index (κ1) is 10.7. The molecule has 3 N–H and O–H groups in total. The highest BCUT2D eigenvalue weighted by Crippen LogP contribution is 2.31. The second-order valence-corrected chi connectivity index (χ2v) is 4.27. The molecule has 82 valence electrons. The first-order chi connectivity index (χ1) is 7.18. The lowest BCUT2D eigenvalue weighted by atomic mass is 10.00. The average molecular weight is 230 g/mol.